The maximum absolute atomic E-state index is 12.2. The van der Waals surface area contributed by atoms with E-state index in [4.69, 9.17) is 0 Å². The first kappa shape index (κ1) is 17.5. The SMILES string of the molecule is CN(C(=O)NCCCN1C(=O)c2ccccc2C1=O)c1ccc(O)cc1. The lowest BCUT2D eigenvalue weighted by Gasteiger charge is -2.19. The van der Waals surface area contributed by atoms with E-state index < -0.39 is 0 Å². The summed E-state index contributed by atoms with van der Waals surface area (Å²) >= 11 is 0. The molecule has 26 heavy (non-hydrogen) atoms. The maximum Gasteiger partial charge on any atom is 0.321 e. The van der Waals surface area contributed by atoms with Crippen LogP contribution in [-0.2, 0) is 0 Å². The average Bonchev–Trinajstić information content (AvgIpc) is 2.90. The first-order valence-electron chi connectivity index (χ1n) is 8.25. The number of benzene rings is 2. The zero-order valence-corrected chi connectivity index (χ0v) is 14.3. The van der Waals surface area contributed by atoms with Crippen molar-refractivity contribution in [2.24, 2.45) is 0 Å². The predicted molar refractivity (Wildman–Crippen MR) is 96.3 cm³/mol. The number of hydrogen-bond acceptors (Lipinski definition) is 4. The summed E-state index contributed by atoms with van der Waals surface area (Å²) in [5, 5.41) is 12.0. The molecule has 0 saturated carbocycles. The number of carbonyl (C=O) groups is 3. The summed E-state index contributed by atoms with van der Waals surface area (Å²) in [4.78, 5) is 39.3. The Hall–Kier alpha value is -3.35. The van der Waals surface area contributed by atoms with Gasteiger partial charge in [-0.25, -0.2) is 4.79 Å². The van der Waals surface area contributed by atoms with E-state index >= 15 is 0 Å². The van der Waals surface area contributed by atoms with Crippen LogP contribution >= 0.6 is 0 Å². The molecule has 1 heterocycles. The summed E-state index contributed by atoms with van der Waals surface area (Å²) in [7, 11) is 1.62. The fraction of sp³-hybridized carbons (Fsp3) is 0.211. The third kappa shape index (κ3) is 3.37. The molecule has 0 atom stereocenters. The van der Waals surface area contributed by atoms with E-state index in [0.717, 1.165) is 0 Å². The maximum atomic E-state index is 12.2. The van der Waals surface area contributed by atoms with Gasteiger partial charge in [0, 0.05) is 25.8 Å². The molecule has 1 aliphatic rings. The molecule has 3 rings (SSSR count). The first-order valence-corrected chi connectivity index (χ1v) is 8.25. The topological polar surface area (TPSA) is 90.0 Å². The van der Waals surface area contributed by atoms with Gasteiger partial charge in [-0.05, 0) is 42.8 Å². The fourth-order valence-electron chi connectivity index (χ4n) is 2.79. The van der Waals surface area contributed by atoms with Crippen molar-refractivity contribution in [3.05, 3.63) is 59.7 Å². The van der Waals surface area contributed by atoms with Gasteiger partial charge in [-0.3, -0.25) is 19.4 Å². The average molecular weight is 353 g/mol. The Bertz CT molecular complexity index is 813. The van der Waals surface area contributed by atoms with Gasteiger partial charge in [0.2, 0.25) is 0 Å². The van der Waals surface area contributed by atoms with Gasteiger partial charge in [0.1, 0.15) is 5.75 Å². The largest absolute Gasteiger partial charge is 0.508 e. The number of amides is 4. The lowest BCUT2D eigenvalue weighted by molar-refractivity contribution is 0.0653. The van der Waals surface area contributed by atoms with Crippen LogP contribution in [0.4, 0.5) is 10.5 Å². The number of aromatic hydroxyl groups is 1. The molecule has 2 aromatic rings. The molecular weight excluding hydrogens is 334 g/mol. The van der Waals surface area contributed by atoms with Crippen LogP contribution in [0.1, 0.15) is 27.1 Å². The van der Waals surface area contributed by atoms with Crippen LogP contribution in [0.5, 0.6) is 5.75 Å². The standard InChI is InChI=1S/C19H19N3O4/c1-21(13-7-9-14(23)10-8-13)19(26)20-11-4-12-22-17(24)15-5-2-3-6-16(15)18(22)25/h2-3,5-10,23H,4,11-12H2,1H3,(H,20,26). The number of rotatable bonds is 5. The number of carbonyl (C=O) groups excluding carboxylic acids is 3. The van der Waals surface area contributed by atoms with Gasteiger partial charge in [-0.2, -0.15) is 0 Å². The summed E-state index contributed by atoms with van der Waals surface area (Å²) in [6.45, 7) is 0.574. The smallest absolute Gasteiger partial charge is 0.321 e. The Morgan fingerprint density at radius 3 is 2.19 bits per heavy atom. The van der Waals surface area contributed by atoms with Crippen molar-refractivity contribution in [2.75, 3.05) is 25.0 Å². The molecule has 0 unspecified atom stereocenters. The van der Waals surface area contributed by atoms with Gasteiger partial charge in [0.15, 0.2) is 0 Å². The second-order valence-electron chi connectivity index (χ2n) is 5.97. The number of fused-ring (bicyclic) bond motifs is 1. The Kier molecular flexibility index (Phi) is 4.88. The van der Waals surface area contributed by atoms with Crippen LogP contribution in [0, 0.1) is 0 Å². The third-order valence-electron chi connectivity index (χ3n) is 4.25. The number of imide groups is 1. The molecule has 134 valence electrons. The van der Waals surface area contributed by atoms with Gasteiger partial charge in [-0.1, -0.05) is 12.1 Å². The number of hydrogen-bond donors (Lipinski definition) is 2. The highest BCUT2D eigenvalue weighted by Crippen LogP contribution is 2.22. The highest BCUT2D eigenvalue weighted by atomic mass is 16.3. The number of phenolic OH excluding ortho intramolecular Hbond substituents is 1. The molecule has 4 amide bonds. The van der Waals surface area contributed by atoms with E-state index in [0.29, 0.717) is 29.8 Å². The van der Waals surface area contributed by atoms with Crippen LogP contribution in [0.15, 0.2) is 48.5 Å². The lowest BCUT2D eigenvalue weighted by Crippen LogP contribution is -2.39. The number of phenols is 1. The van der Waals surface area contributed by atoms with Gasteiger partial charge < -0.3 is 10.4 Å². The molecule has 0 fully saturated rings. The van der Waals surface area contributed by atoms with Crippen molar-refractivity contribution in [2.45, 2.75) is 6.42 Å². The number of anilines is 1. The lowest BCUT2D eigenvalue weighted by atomic mass is 10.1. The molecular formula is C19H19N3O4. The second kappa shape index (κ2) is 7.26. The molecule has 1 aliphatic heterocycles. The predicted octanol–water partition coefficient (Wildman–Crippen LogP) is 2.22. The Morgan fingerprint density at radius 1 is 1.04 bits per heavy atom. The van der Waals surface area contributed by atoms with Crippen LogP contribution < -0.4 is 10.2 Å². The van der Waals surface area contributed by atoms with Crippen LogP contribution in [-0.4, -0.2) is 48.0 Å². The second-order valence-corrected chi connectivity index (χ2v) is 5.97. The number of nitrogens with one attached hydrogen (secondary N) is 1. The molecule has 0 aliphatic carbocycles. The van der Waals surface area contributed by atoms with Crippen molar-refractivity contribution >= 4 is 23.5 Å². The monoisotopic (exact) mass is 353 g/mol. The van der Waals surface area contributed by atoms with E-state index in [9.17, 15) is 19.5 Å². The summed E-state index contributed by atoms with van der Waals surface area (Å²) in [5.74, 6) is -0.459. The Balaban J connectivity index is 1.49. The van der Waals surface area contributed by atoms with Gasteiger partial charge >= 0.3 is 6.03 Å². The zero-order chi connectivity index (χ0) is 18.7. The van der Waals surface area contributed by atoms with E-state index in [1.807, 2.05) is 0 Å². The van der Waals surface area contributed by atoms with Crippen molar-refractivity contribution < 1.29 is 19.5 Å². The molecule has 0 aromatic heterocycles. The molecule has 7 heteroatoms. The highest BCUT2D eigenvalue weighted by molar-refractivity contribution is 6.21. The summed E-state index contributed by atoms with van der Waals surface area (Å²) in [6.07, 6.45) is 0.459. The minimum absolute atomic E-state index is 0.128. The first-order chi connectivity index (χ1) is 12.5. The van der Waals surface area contributed by atoms with E-state index in [1.54, 1.807) is 43.4 Å². The molecule has 2 N–H and O–H groups in total. The van der Waals surface area contributed by atoms with Crippen molar-refractivity contribution in [3.8, 4) is 5.75 Å². The van der Waals surface area contributed by atoms with Gasteiger partial charge in [-0.15, -0.1) is 0 Å². The van der Waals surface area contributed by atoms with Crippen LogP contribution in [0.2, 0.25) is 0 Å². The number of urea groups is 1. The highest BCUT2D eigenvalue weighted by Gasteiger charge is 2.34. The quantitative estimate of drug-likeness (QED) is 0.637. The molecule has 2 aromatic carbocycles. The molecule has 7 nitrogen and oxygen atoms in total. The van der Waals surface area contributed by atoms with Crippen LogP contribution in [0.3, 0.4) is 0 Å². The third-order valence-corrected chi connectivity index (χ3v) is 4.25. The summed E-state index contributed by atoms with van der Waals surface area (Å²) < 4.78 is 0. The Morgan fingerprint density at radius 2 is 1.62 bits per heavy atom. The fourth-order valence-corrected chi connectivity index (χ4v) is 2.79. The minimum Gasteiger partial charge on any atom is -0.508 e. The molecule has 0 bridgehead atoms. The van der Waals surface area contributed by atoms with Gasteiger partial charge in [0.25, 0.3) is 11.8 Å². The summed E-state index contributed by atoms with van der Waals surface area (Å²) in [5.41, 5.74) is 1.49. The summed E-state index contributed by atoms with van der Waals surface area (Å²) in [6, 6.07) is 12.7. The van der Waals surface area contributed by atoms with Crippen molar-refractivity contribution in [1.82, 2.24) is 10.2 Å². The van der Waals surface area contributed by atoms with Gasteiger partial charge in [0.05, 0.1) is 11.1 Å². The molecule has 0 spiro atoms. The zero-order valence-electron chi connectivity index (χ0n) is 14.3. The normalized spacial score (nSPS) is 12.9. The molecule has 0 saturated heterocycles. The van der Waals surface area contributed by atoms with E-state index in [2.05, 4.69) is 5.32 Å². The van der Waals surface area contributed by atoms with Crippen molar-refractivity contribution in [3.63, 3.8) is 0 Å². The van der Waals surface area contributed by atoms with Crippen molar-refractivity contribution in [1.29, 1.82) is 0 Å². The minimum atomic E-state index is -0.307. The van der Waals surface area contributed by atoms with E-state index in [1.165, 1.54) is 21.9 Å². The number of nitrogens with zero attached hydrogens (tertiary/aromatic N) is 2. The molecule has 0 radical (unpaired) electrons. The van der Waals surface area contributed by atoms with Crippen LogP contribution in [0.25, 0.3) is 0 Å². The van der Waals surface area contributed by atoms with E-state index in [-0.39, 0.29) is 30.1 Å². The Labute approximate surface area is 150 Å².